The van der Waals surface area contributed by atoms with Crippen molar-refractivity contribution in [1.29, 1.82) is 0 Å². The van der Waals surface area contributed by atoms with Crippen molar-refractivity contribution in [3.63, 3.8) is 0 Å². The molecule has 0 unspecified atom stereocenters. The van der Waals surface area contributed by atoms with Gasteiger partial charge in [-0.3, -0.25) is 9.69 Å². The van der Waals surface area contributed by atoms with E-state index in [2.05, 4.69) is 4.90 Å². The van der Waals surface area contributed by atoms with Gasteiger partial charge in [-0.2, -0.15) is 0 Å². The van der Waals surface area contributed by atoms with Crippen LogP contribution in [0.4, 0.5) is 0 Å². The summed E-state index contributed by atoms with van der Waals surface area (Å²) in [4.78, 5) is 18.0. The van der Waals surface area contributed by atoms with Gasteiger partial charge in [-0.25, -0.2) is 0 Å². The Bertz CT molecular complexity index is 553. The van der Waals surface area contributed by atoms with Gasteiger partial charge in [0, 0.05) is 37.1 Å². The topological polar surface area (TPSA) is 32.8 Å². The van der Waals surface area contributed by atoms with Crippen LogP contribution in [-0.4, -0.2) is 60.6 Å². The minimum absolute atomic E-state index is 0.109. The molecule has 1 aliphatic carbocycles. The van der Waals surface area contributed by atoms with E-state index in [9.17, 15) is 4.79 Å². The fourth-order valence-electron chi connectivity index (χ4n) is 3.44. The Morgan fingerprint density at radius 3 is 3.09 bits per heavy atom. The molecule has 3 aliphatic rings. The van der Waals surface area contributed by atoms with Crippen LogP contribution in [-0.2, 0) is 9.53 Å². The third-order valence-electron chi connectivity index (χ3n) is 4.85. The number of carbonyl (C=O) groups is 1. The first-order chi connectivity index (χ1) is 10.8. The molecule has 2 aliphatic heterocycles. The first kappa shape index (κ1) is 14.4. The van der Waals surface area contributed by atoms with Crippen LogP contribution in [0, 0.1) is 5.92 Å². The van der Waals surface area contributed by atoms with Gasteiger partial charge in [0.25, 0.3) is 0 Å². The van der Waals surface area contributed by atoms with Crippen molar-refractivity contribution in [1.82, 2.24) is 9.80 Å². The van der Waals surface area contributed by atoms with E-state index in [1.807, 2.05) is 28.5 Å². The average Bonchev–Trinajstić information content (AvgIpc) is 3.04. The van der Waals surface area contributed by atoms with E-state index in [0.29, 0.717) is 6.04 Å². The van der Waals surface area contributed by atoms with Gasteiger partial charge in [0.15, 0.2) is 0 Å². The molecular formula is C17H22N2O2S. The summed E-state index contributed by atoms with van der Waals surface area (Å²) >= 11 is 1.65. The highest BCUT2D eigenvalue weighted by Gasteiger charge is 2.42. The number of nitrogens with zero attached hydrogens (tertiary/aromatic N) is 2. The Kier molecular flexibility index (Phi) is 4.03. The number of hydrogen-bond donors (Lipinski definition) is 0. The van der Waals surface area contributed by atoms with Crippen LogP contribution >= 0.6 is 11.3 Å². The number of thiophene rings is 1. The van der Waals surface area contributed by atoms with Crippen molar-refractivity contribution in [2.45, 2.75) is 25.0 Å². The summed E-state index contributed by atoms with van der Waals surface area (Å²) in [6.07, 6.45) is 6.57. The van der Waals surface area contributed by atoms with Gasteiger partial charge in [-0.1, -0.05) is 6.07 Å². The molecule has 1 aromatic heterocycles. The molecular weight excluding hydrogens is 296 g/mol. The van der Waals surface area contributed by atoms with Gasteiger partial charge in [-0.15, -0.1) is 11.3 Å². The van der Waals surface area contributed by atoms with Gasteiger partial charge >= 0.3 is 0 Å². The van der Waals surface area contributed by atoms with Crippen molar-refractivity contribution in [2.75, 3.05) is 32.8 Å². The van der Waals surface area contributed by atoms with Crippen LogP contribution in [0.25, 0.3) is 6.08 Å². The minimum Gasteiger partial charge on any atom is -0.373 e. The average molecular weight is 318 g/mol. The summed E-state index contributed by atoms with van der Waals surface area (Å²) in [6.45, 7) is 4.56. The van der Waals surface area contributed by atoms with E-state index in [0.717, 1.165) is 37.0 Å². The highest BCUT2D eigenvalue weighted by Crippen LogP contribution is 2.33. The maximum Gasteiger partial charge on any atom is 0.246 e. The number of amides is 1. The van der Waals surface area contributed by atoms with E-state index in [4.69, 9.17) is 4.74 Å². The maximum atomic E-state index is 12.4. The lowest BCUT2D eigenvalue weighted by molar-refractivity contribution is -0.125. The predicted molar refractivity (Wildman–Crippen MR) is 87.8 cm³/mol. The number of hydrogen-bond acceptors (Lipinski definition) is 4. The standard InChI is InChI=1S/C17H22N2O2S/c20-17(6-5-14-2-1-9-22-14)19-11-15-16(12-19)21-8-7-18(15)10-13-3-4-13/h1-2,5-6,9,13,15-16H,3-4,7-8,10-12H2/b6-5+/t15-,16+/m1/s1. The molecule has 0 bridgehead atoms. The Morgan fingerprint density at radius 1 is 1.41 bits per heavy atom. The molecule has 4 nitrogen and oxygen atoms in total. The zero-order valence-electron chi connectivity index (χ0n) is 12.7. The molecule has 22 heavy (non-hydrogen) atoms. The Balaban J connectivity index is 1.38. The van der Waals surface area contributed by atoms with Crippen LogP contribution < -0.4 is 0 Å². The van der Waals surface area contributed by atoms with Gasteiger partial charge < -0.3 is 9.64 Å². The van der Waals surface area contributed by atoms with Gasteiger partial charge in [0.1, 0.15) is 0 Å². The number of ether oxygens (including phenoxy) is 1. The van der Waals surface area contributed by atoms with Gasteiger partial charge in [0.05, 0.1) is 18.8 Å². The molecule has 1 amide bonds. The second-order valence-corrected chi connectivity index (χ2v) is 7.49. The summed E-state index contributed by atoms with van der Waals surface area (Å²) in [7, 11) is 0. The minimum atomic E-state index is 0.109. The van der Waals surface area contributed by atoms with Crippen LogP contribution in [0.2, 0.25) is 0 Å². The number of morpholine rings is 1. The monoisotopic (exact) mass is 318 g/mol. The fourth-order valence-corrected chi connectivity index (χ4v) is 4.06. The van der Waals surface area contributed by atoms with Gasteiger partial charge in [0.2, 0.25) is 5.91 Å². The van der Waals surface area contributed by atoms with Crippen LogP contribution in [0.1, 0.15) is 17.7 Å². The van der Waals surface area contributed by atoms with Crippen molar-refractivity contribution in [3.05, 3.63) is 28.5 Å². The third-order valence-corrected chi connectivity index (χ3v) is 5.69. The molecule has 3 heterocycles. The zero-order chi connectivity index (χ0) is 14.9. The predicted octanol–water partition coefficient (Wildman–Crippen LogP) is 2.08. The Hall–Kier alpha value is -1.17. The van der Waals surface area contributed by atoms with Crippen molar-refractivity contribution in [2.24, 2.45) is 5.92 Å². The normalized spacial score (nSPS) is 29.2. The number of likely N-dealkylation sites (tertiary alicyclic amines) is 1. The van der Waals surface area contributed by atoms with Crippen LogP contribution in [0.3, 0.4) is 0 Å². The maximum absolute atomic E-state index is 12.4. The molecule has 1 aromatic rings. The summed E-state index contributed by atoms with van der Waals surface area (Å²) < 4.78 is 5.91. The quantitative estimate of drug-likeness (QED) is 0.797. The second kappa shape index (κ2) is 6.14. The highest BCUT2D eigenvalue weighted by atomic mass is 32.1. The van der Waals surface area contributed by atoms with E-state index in [1.165, 1.54) is 19.4 Å². The molecule has 0 spiro atoms. The molecule has 118 valence electrons. The van der Waals surface area contributed by atoms with E-state index >= 15 is 0 Å². The fraction of sp³-hybridized carbons (Fsp3) is 0.588. The molecule has 2 atom stereocenters. The molecule has 2 saturated heterocycles. The molecule has 0 radical (unpaired) electrons. The molecule has 0 aromatic carbocycles. The first-order valence-electron chi connectivity index (χ1n) is 8.16. The number of carbonyl (C=O) groups excluding carboxylic acids is 1. The van der Waals surface area contributed by atoms with Crippen molar-refractivity contribution >= 4 is 23.3 Å². The first-order valence-corrected chi connectivity index (χ1v) is 9.04. The lowest BCUT2D eigenvalue weighted by Crippen LogP contribution is -2.51. The van der Waals surface area contributed by atoms with E-state index < -0.39 is 0 Å². The van der Waals surface area contributed by atoms with Crippen molar-refractivity contribution in [3.8, 4) is 0 Å². The smallest absolute Gasteiger partial charge is 0.246 e. The largest absolute Gasteiger partial charge is 0.373 e. The Labute approximate surface area is 135 Å². The summed E-state index contributed by atoms with van der Waals surface area (Å²) in [6, 6.07) is 4.43. The molecule has 0 N–H and O–H groups in total. The molecule has 1 saturated carbocycles. The summed E-state index contributed by atoms with van der Waals surface area (Å²) in [5, 5.41) is 2.03. The lowest BCUT2D eigenvalue weighted by atomic mass is 10.1. The SMILES string of the molecule is O=C(/C=C/c1cccs1)N1C[C@@H]2OCCN(CC3CC3)[C@@H]2C1. The Morgan fingerprint density at radius 2 is 2.32 bits per heavy atom. The van der Waals surface area contributed by atoms with Crippen LogP contribution in [0.5, 0.6) is 0 Å². The van der Waals surface area contributed by atoms with Crippen molar-refractivity contribution < 1.29 is 9.53 Å². The van der Waals surface area contributed by atoms with E-state index in [-0.39, 0.29) is 12.0 Å². The third kappa shape index (κ3) is 3.12. The number of rotatable bonds is 4. The second-order valence-electron chi connectivity index (χ2n) is 6.51. The molecule has 5 heteroatoms. The molecule has 4 rings (SSSR count). The summed E-state index contributed by atoms with van der Waals surface area (Å²) in [5.74, 6) is 1.000. The number of fused-ring (bicyclic) bond motifs is 1. The highest BCUT2D eigenvalue weighted by molar-refractivity contribution is 7.10. The lowest BCUT2D eigenvalue weighted by Gasteiger charge is -2.36. The van der Waals surface area contributed by atoms with Gasteiger partial charge in [-0.05, 0) is 36.3 Å². The zero-order valence-corrected chi connectivity index (χ0v) is 13.5. The van der Waals surface area contributed by atoms with Crippen LogP contribution in [0.15, 0.2) is 23.6 Å². The molecule has 3 fully saturated rings. The van der Waals surface area contributed by atoms with E-state index in [1.54, 1.807) is 17.4 Å². The summed E-state index contributed by atoms with van der Waals surface area (Å²) in [5.41, 5.74) is 0.